The number of phosphoric ester groups is 1. The fourth-order valence-corrected chi connectivity index (χ4v) is 8.48. The monoisotopic (exact) mass is 671 g/mol. The summed E-state index contributed by atoms with van der Waals surface area (Å²) in [5, 5.41) is 0. The highest BCUT2D eigenvalue weighted by Crippen LogP contribution is 2.71. The molecule has 2 aliphatic heterocycles. The molecule has 0 aromatic heterocycles. The molecule has 2 fully saturated rings. The van der Waals surface area contributed by atoms with Gasteiger partial charge in [0, 0.05) is 18.7 Å². The Morgan fingerprint density at radius 3 is 1.94 bits per heavy atom. The van der Waals surface area contributed by atoms with Gasteiger partial charge in [-0.15, -0.1) is 0 Å². The highest BCUT2D eigenvalue weighted by atomic mass is 31.2. The van der Waals surface area contributed by atoms with Gasteiger partial charge in [-0.2, -0.15) is 0 Å². The predicted molar refractivity (Wildman–Crippen MR) is 190 cm³/mol. The lowest BCUT2D eigenvalue weighted by Crippen LogP contribution is -2.31. The summed E-state index contributed by atoms with van der Waals surface area (Å²) in [5.74, 6) is 0.313. The molecule has 2 heterocycles. The minimum Gasteiger partial charge on any atom is -0.379 e. The lowest BCUT2D eigenvalue weighted by molar-refractivity contribution is -0.0554. The molecule has 7 nitrogen and oxygen atoms in total. The van der Waals surface area contributed by atoms with Gasteiger partial charge < -0.3 is 14.4 Å². The lowest BCUT2D eigenvalue weighted by atomic mass is 9.85. The molecule has 1 N–H and O–H groups in total. The van der Waals surface area contributed by atoms with Crippen molar-refractivity contribution in [2.75, 3.05) is 26.4 Å². The molecule has 0 saturated carbocycles. The van der Waals surface area contributed by atoms with E-state index in [2.05, 4.69) is 25.7 Å². The lowest BCUT2D eigenvalue weighted by Gasteiger charge is -2.28. The number of piperidine rings is 1. The number of phosphoric acid groups is 1. The Balaban J connectivity index is 1.17. The molecule has 6 atom stereocenters. The molecule has 4 rings (SSSR count). The van der Waals surface area contributed by atoms with Crippen molar-refractivity contribution in [3.05, 3.63) is 71.8 Å². The second kappa shape index (κ2) is 19.6. The molecule has 2 saturated heterocycles. The van der Waals surface area contributed by atoms with Gasteiger partial charge >= 0.3 is 7.82 Å². The summed E-state index contributed by atoms with van der Waals surface area (Å²) in [6.07, 6.45) is 19.0. The second-order valence-corrected chi connectivity index (χ2v) is 15.3. The van der Waals surface area contributed by atoms with E-state index < -0.39 is 19.7 Å². The van der Waals surface area contributed by atoms with Crippen LogP contribution in [-0.4, -0.2) is 47.8 Å². The maximum atomic E-state index is 13.5. The number of hydrogen-bond donors (Lipinski definition) is 1. The maximum absolute atomic E-state index is 13.5. The Kier molecular flexibility index (Phi) is 15.9. The Morgan fingerprint density at radius 2 is 1.38 bits per heavy atom. The molecule has 2 aromatic rings. The summed E-state index contributed by atoms with van der Waals surface area (Å²) in [5.41, 5.74) is 0.550. The van der Waals surface area contributed by atoms with E-state index in [1.165, 1.54) is 77.0 Å². The molecular formula is C39H62NO6P. The van der Waals surface area contributed by atoms with Crippen LogP contribution < -0.4 is 0 Å². The fourth-order valence-electron chi connectivity index (χ4n) is 7.35. The summed E-state index contributed by atoms with van der Waals surface area (Å²) < 4.78 is 37.4. The average Bonchev–Trinajstić information content (AvgIpc) is 3.44. The van der Waals surface area contributed by atoms with Crippen molar-refractivity contribution in [2.45, 2.75) is 141 Å². The van der Waals surface area contributed by atoms with E-state index in [1.807, 2.05) is 60.7 Å². The molecule has 0 spiro atoms. The third kappa shape index (κ3) is 11.0. The number of hydrogen-bond acceptors (Lipinski definition) is 6. The summed E-state index contributed by atoms with van der Waals surface area (Å²) in [7, 11) is -4.44. The van der Waals surface area contributed by atoms with Crippen LogP contribution >= 0.6 is 7.82 Å². The van der Waals surface area contributed by atoms with Crippen molar-refractivity contribution < 1.29 is 28.0 Å². The number of rotatable bonds is 26. The number of unbranched alkanes of at least 4 members (excludes halogenated alkanes) is 13. The zero-order valence-electron chi connectivity index (χ0n) is 29.5. The van der Waals surface area contributed by atoms with Gasteiger partial charge in [0.1, 0.15) is 6.10 Å². The average molecular weight is 672 g/mol. The van der Waals surface area contributed by atoms with E-state index in [9.17, 15) is 9.46 Å². The van der Waals surface area contributed by atoms with Crippen molar-refractivity contribution in [1.82, 2.24) is 4.90 Å². The molecule has 0 bridgehead atoms. The van der Waals surface area contributed by atoms with Crippen molar-refractivity contribution in [3.63, 3.8) is 0 Å². The molecule has 8 heteroatoms. The van der Waals surface area contributed by atoms with E-state index in [0.717, 1.165) is 36.9 Å². The van der Waals surface area contributed by atoms with E-state index >= 15 is 0 Å². The second-order valence-electron chi connectivity index (χ2n) is 13.9. The first-order chi connectivity index (χ1) is 22.8. The number of fused-ring (bicyclic) bond motifs is 1. The Bertz CT molecular complexity index is 1180. The number of nitrogens with zero attached hydrogens (tertiary/aromatic N) is 1. The van der Waals surface area contributed by atoms with Gasteiger partial charge in [-0.05, 0) is 31.2 Å². The summed E-state index contributed by atoms with van der Waals surface area (Å²) in [6, 6.07) is 19.7. The molecule has 2 aliphatic rings. The normalized spacial score (nSPS) is 25.4. The zero-order valence-corrected chi connectivity index (χ0v) is 30.3. The molecule has 0 aliphatic carbocycles. The fraction of sp³-hybridized carbons (Fsp3) is 0.692. The summed E-state index contributed by atoms with van der Waals surface area (Å²) >= 11 is 0. The number of benzene rings is 2. The highest BCUT2D eigenvalue weighted by Gasteiger charge is 2.80. The van der Waals surface area contributed by atoms with Gasteiger partial charge in [0.05, 0.1) is 25.4 Å². The van der Waals surface area contributed by atoms with E-state index in [-0.39, 0.29) is 18.8 Å². The molecule has 2 aromatic carbocycles. The minimum atomic E-state index is -4.44. The van der Waals surface area contributed by atoms with Crippen LogP contribution in [0.3, 0.4) is 0 Å². The van der Waals surface area contributed by atoms with Crippen LogP contribution in [0.5, 0.6) is 0 Å². The Hall–Kier alpha value is -1.57. The van der Waals surface area contributed by atoms with Crippen LogP contribution in [0.25, 0.3) is 0 Å². The van der Waals surface area contributed by atoms with Crippen molar-refractivity contribution in [2.24, 2.45) is 5.92 Å². The Labute approximate surface area is 285 Å². The van der Waals surface area contributed by atoms with E-state index in [1.54, 1.807) is 0 Å². The summed E-state index contributed by atoms with van der Waals surface area (Å²) in [4.78, 5) is 13.2. The predicted octanol–water partition coefficient (Wildman–Crippen LogP) is 10.2. The van der Waals surface area contributed by atoms with Crippen molar-refractivity contribution in [3.8, 4) is 0 Å². The van der Waals surface area contributed by atoms with Gasteiger partial charge in [0.25, 0.3) is 0 Å². The van der Waals surface area contributed by atoms with Crippen LogP contribution in [-0.2, 0) is 35.4 Å². The smallest absolute Gasteiger partial charge is 0.379 e. The molecule has 264 valence electrons. The standard InChI is InChI=1S/C39H62NO6P/c1-4-5-6-7-8-9-10-11-12-13-14-15-16-23-30-43-32-37(44-31-35-24-19-17-20-25-35)33-45-47(41,42)46-39(36-26-21-18-22-27-36)38(3)34(2)28-29-40(38)39/h17-22,24-27,34,37H,4-16,23,28-33H2,1-3H3,(H,41,42). The first-order valence-electron chi connectivity index (χ1n) is 18.6. The Morgan fingerprint density at radius 1 is 0.830 bits per heavy atom. The van der Waals surface area contributed by atoms with Crippen LogP contribution in [0.1, 0.15) is 128 Å². The van der Waals surface area contributed by atoms with E-state index in [4.69, 9.17) is 18.5 Å². The number of ether oxygens (including phenoxy) is 2. The quantitative estimate of drug-likeness (QED) is 0.0606. The molecule has 47 heavy (non-hydrogen) atoms. The van der Waals surface area contributed by atoms with Crippen LogP contribution in [0.15, 0.2) is 60.7 Å². The largest absolute Gasteiger partial charge is 0.474 e. The van der Waals surface area contributed by atoms with Crippen LogP contribution in [0, 0.1) is 5.92 Å². The summed E-state index contributed by atoms with van der Waals surface area (Å²) in [6.45, 7) is 8.57. The third-order valence-corrected chi connectivity index (χ3v) is 11.4. The topological polar surface area (TPSA) is 77.2 Å². The van der Waals surface area contributed by atoms with Crippen molar-refractivity contribution in [1.29, 1.82) is 0 Å². The van der Waals surface area contributed by atoms with Crippen molar-refractivity contribution >= 4 is 7.82 Å². The molecule has 0 amide bonds. The maximum Gasteiger partial charge on any atom is 0.474 e. The third-order valence-electron chi connectivity index (χ3n) is 10.4. The van der Waals surface area contributed by atoms with Gasteiger partial charge in [0.2, 0.25) is 0 Å². The van der Waals surface area contributed by atoms with Crippen LogP contribution in [0.4, 0.5) is 0 Å². The van der Waals surface area contributed by atoms with Crippen LogP contribution in [0.2, 0.25) is 0 Å². The van der Waals surface area contributed by atoms with Gasteiger partial charge in [-0.25, -0.2) is 4.57 Å². The minimum absolute atomic E-state index is 0.101. The zero-order chi connectivity index (χ0) is 33.4. The first-order valence-corrected chi connectivity index (χ1v) is 20.1. The SMILES string of the molecule is CCCCCCCCCCCCCCCCOCC(COP(=O)(O)OC1(c2ccccc2)N2CCC(C)C21C)OCc1ccccc1. The molecular weight excluding hydrogens is 609 g/mol. The van der Waals surface area contributed by atoms with E-state index in [0.29, 0.717) is 19.1 Å². The van der Waals surface area contributed by atoms with Gasteiger partial charge in [-0.1, -0.05) is 158 Å². The van der Waals surface area contributed by atoms with Gasteiger partial charge in [0.15, 0.2) is 5.72 Å². The first kappa shape index (κ1) is 38.2. The van der Waals surface area contributed by atoms with Gasteiger partial charge in [-0.3, -0.25) is 13.9 Å². The molecule has 6 unspecified atom stereocenters. The molecule has 0 radical (unpaired) electrons. The highest BCUT2D eigenvalue weighted by molar-refractivity contribution is 7.47.